The Balaban J connectivity index is 2.54. The molecule has 1 aromatic rings. The van der Waals surface area contributed by atoms with Crippen LogP contribution in [0.3, 0.4) is 0 Å². The van der Waals surface area contributed by atoms with Crippen LogP contribution in [-0.4, -0.2) is 21.3 Å². The van der Waals surface area contributed by atoms with Crippen molar-refractivity contribution < 1.29 is 9.53 Å². The molecule has 0 atom stereocenters. The topological polar surface area (TPSA) is 26.3 Å². The lowest BCUT2D eigenvalue weighted by atomic mass is 10.2. The molecule has 0 spiro atoms. The first-order chi connectivity index (χ1) is 6.22. The van der Waals surface area contributed by atoms with Gasteiger partial charge in [0.25, 0.3) is 0 Å². The minimum Gasteiger partial charge on any atom is -0.498 e. The lowest BCUT2D eigenvalue weighted by Crippen LogP contribution is -2.14. The Labute approximate surface area is 80.1 Å². The van der Waals surface area contributed by atoms with Crippen LogP contribution in [0.2, 0.25) is 13.1 Å². The van der Waals surface area contributed by atoms with Crippen molar-refractivity contribution in [1.82, 2.24) is 0 Å². The van der Waals surface area contributed by atoms with Crippen LogP contribution in [0.15, 0.2) is 24.3 Å². The number of hydrogen-bond donors (Lipinski definition) is 0. The average molecular weight is 194 g/mol. The molecule has 1 rings (SSSR count). The SMILES string of the molecule is C[SiH](C)COc1ccc(C=O)cc1. The average Bonchev–Trinajstić information content (AvgIpc) is 2.15. The van der Waals surface area contributed by atoms with Crippen molar-refractivity contribution in [3.05, 3.63) is 29.8 Å². The predicted molar refractivity (Wildman–Crippen MR) is 56.2 cm³/mol. The molecule has 1 aromatic carbocycles. The van der Waals surface area contributed by atoms with Gasteiger partial charge in [-0.15, -0.1) is 0 Å². The number of carbonyl (C=O) groups excluding carboxylic acids is 1. The lowest BCUT2D eigenvalue weighted by Gasteiger charge is -2.07. The van der Waals surface area contributed by atoms with E-state index in [-0.39, 0.29) is 0 Å². The van der Waals surface area contributed by atoms with Gasteiger partial charge < -0.3 is 4.74 Å². The van der Waals surface area contributed by atoms with Gasteiger partial charge >= 0.3 is 0 Å². The molecule has 0 aliphatic heterocycles. The van der Waals surface area contributed by atoms with Crippen molar-refractivity contribution >= 4 is 15.1 Å². The van der Waals surface area contributed by atoms with Gasteiger partial charge in [-0.25, -0.2) is 0 Å². The number of carbonyl (C=O) groups is 1. The summed E-state index contributed by atoms with van der Waals surface area (Å²) < 4.78 is 5.51. The van der Waals surface area contributed by atoms with Crippen molar-refractivity contribution in [1.29, 1.82) is 0 Å². The van der Waals surface area contributed by atoms with Crippen molar-refractivity contribution in [2.45, 2.75) is 13.1 Å². The molecule has 0 unspecified atom stereocenters. The summed E-state index contributed by atoms with van der Waals surface area (Å²) in [7, 11) is -0.652. The fourth-order valence-electron chi connectivity index (χ4n) is 0.906. The second-order valence-corrected chi connectivity index (χ2v) is 6.51. The van der Waals surface area contributed by atoms with Crippen LogP contribution in [0.1, 0.15) is 10.4 Å². The molecule has 70 valence electrons. The molecule has 0 aliphatic rings. The molecule has 3 heteroatoms. The van der Waals surface area contributed by atoms with Crippen molar-refractivity contribution in [2.24, 2.45) is 0 Å². The molecule has 0 aliphatic carbocycles. The molecular weight excluding hydrogens is 180 g/mol. The van der Waals surface area contributed by atoms with Crippen LogP contribution in [0, 0.1) is 0 Å². The van der Waals surface area contributed by atoms with Gasteiger partial charge in [0.15, 0.2) is 0 Å². The van der Waals surface area contributed by atoms with Gasteiger partial charge in [-0.05, 0) is 24.3 Å². The fraction of sp³-hybridized carbons (Fsp3) is 0.300. The van der Waals surface area contributed by atoms with E-state index in [1.165, 1.54) is 0 Å². The van der Waals surface area contributed by atoms with Crippen LogP contribution >= 0.6 is 0 Å². The van der Waals surface area contributed by atoms with Gasteiger partial charge in [-0.2, -0.15) is 0 Å². The first kappa shape index (κ1) is 9.99. The third kappa shape index (κ3) is 3.42. The molecule has 0 heterocycles. The monoisotopic (exact) mass is 194 g/mol. The second-order valence-electron chi connectivity index (χ2n) is 3.39. The maximum absolute atomic E-state index is 10.3. The third-order valence-electron chi connectivity index (χ3n) is 1.60. The predicted octanol–water partition coefficient (Wildman–Crippen LogP) is 1.90. The summed E-state index contributed by atoms with van der Waals surface area (Å²) in [5.41, 5.74) is 0.689. The first-order valence-electron chi connectivity index (χ1n) is 4.40. The third-order valence-corrected chi connectivity index (χ3v) is 2.43. The Morgan fingerprint density at radius 2 is 1.92 bits per heavy atom. The van der Waals surface area contributed by atoms with E-state index in [0.29, 0.717) is 5.56 Å². The Bertz CT molecular complexity index is 267. The van der Waals surface area contributed by atoms with E-state index >= 15 is 0 Å². The lowest BCUT2D eigenvalue weighted by molar-refractivity contribution is 0.112. The quantitative estimate of drug-likeness (QED) is 0.540. The Kier molecular flexibility index (Phi) is 3.70. The molecule has 0 saturated carbocycles. The van der Waals surface area contributed by atoms with Crippen molar-refractivity contribution in [3.8, 4) is 5.75 Å². The summed E-state index contributed by atoms with van der Waals surface area (Å²) in [4.78, 5) is 10.3. The minimum atomic E-state index is -0.652. The highest BCUT2D eigenvalue weighted by molar-refractivity contribution is 6.55. The first-order valence-corrected chi connectivity index (χ1v) is 7.53. The van der Waals surface area contributed by atoms with Crippen LogP contribution in [0.4, 0.5) is 0 Å². The normalized spacial score (nSPS) is 10.1. The smallest absolute Gasteiger partial charge is 0.150 e. The molecule has 0 amide bonds. The van der Waals surface area contributed by atoms with Gasteiger partial charge in [-0.3, -0.25) is 4.79 Å². The van der Waals surface area contributed by atoms with Gasteiger partial charge in [-0.1, -0.05) is 13.1 Å². The highest BCUT2D eigenvalue weighted by Gasteiger charge is 1.97. The van der Waals surface area contributed by atoms with Crippen LogP contribution < -0.4 is 4.74 Å². The standard InChI is InChI=1S/C10H14O2Si/c1-13(2)8-12-10-5-3-9(7-11)4-6-10/h3-7,13H,8H2,1-2H3. The molecular formula is C10H14O2Si. The fourth-order valence-corrected chi connectivity index (χ4v) is 1.43. The molecule has 0 bridgehead atoms. The highest BCUT2D eigenvalue weighted by Crippen LogP contribution is 2.10. The summed E-state index contributed by atoms with van der Waals surface area (Å²) in [5.74, 6) is 0.854. The Hall–Kier alpha value is -1.09. The summed E-state index contributed by atoms with van der Waals surface area (Å²) >= 11 is 0. The zero-order chi connectivity index (χ0) is 9.68. The van der Waals surface area contributed by atoms with Crippen LogP contribution in [0.5, 0.6) is 5.75 Å². The van der Waals surface area contributed by atoms with E-state index in [4.69, 9.17) is 4.74 Å². The van der Waals surface area contributed by atoms with E-state index in [1.807, 2.05) is 12.1 Å². The van der Waals surface area contributed by atoms with E-state index in [0.717, 1.165) is 18.3 Å². The molecule has 0 fully saturated rings. The number of hydrogen-bond acceptors (Lipinski definition) is 2. The van der Waals surface area contributed by atoms with Crippen molar-refractivity contribution in [3.63, 3.8) is 0 Å². The molecule has 0 saturated heterocycles. The highest BCUT2D eigenvalue weighted by atomic mass is 28.3. The summed E-state index contributed by atoms with van der Waals surface area (Å²) in [6.45, 7) is 4.47. The summed E-state index contributed by atoms with van der Waals surface area (Å²) in [6, 6.07) is 7.20. The number of benzene rings is 1. The van der Waals surface area contributed by atoms with Gasteiger partial charge in [0, 0.05) is 5.56 Å². The van der Waals surface area contributed by atoms with Crippen LogP contribution in [0.25, 0.3) is 0 Å². The maximum Gasteiger partial charge on any atom is 0.150 e. The van der Waals surface area contributed by atoms with E-state index in [1.54, 1.807) is 12.1 Å². The summed E-state index contributed by atoms with van der Waals surface area (Å²) in [5, 5.41) is 0. The second kappa shape index (κ2) is 4.82. The van der Waals surface area contributed by atoms with E-state index < -0.39 is 8.80 Å². The molecule has 0 aromatic heterocycles. The Morgan fingerprint density at radius 1 is 1.31 bits per heavy atom. The molecule has 0 N–H and O–H groups in total. The molecule has 0 radical (unpaired) electrons. The summed E-state index contributed by atoms with van der Waals surface area (Å²) in [6.07, 6.45) is 1.68. The van der Waals surface area contributed by atoms with Gasteiger partial charge in [0.2, 0.25) is 0 Å². The zero-order valence-electron chi connectivity index (χ0n) is 7.99. The minimum absolute atomic E-state index is 0.652. The van der Waals surface area contributed by atoms with Crippen molar-refractivity contribution in [2.75, 3.05) is 6.23 Å². The van der Waals surface area contributed by atoms with Crippen LogP contribution in [-0.2, 0) is 0 Å². The largest absolute Gasteiger partial charge is 0.498 e. The number of rotatable bonds is 4. The van der Waals surface area contributed by atoms with Gasteiger partial charge in [0.1, 0.15) is 12.0 Å². The zero-order valence-corrected chi connectivity index (χ0v) is 9.14. The molecule has 13 heavy (non-hydrogen) atoms. The number of ether oxygens (including phenoxy) is 1. The number of aldehydes is 1. The van der Waals surface area contributed by atoms with E-state index in [9.17, 15) is 4.79 Å². The maximum atomic E-state index is 10.3. The van der Waals surface area contributed by atoms with Gasteiger partial charge in [0.05, 0.1) is 15.0 Å². The van der Waals surface area contributed by atoms with E-state index in [2.05, 4.69) is 13.1 Å². The molecule has 2 nitrogen and oxygen atoms in total. The Morgan fingerprint density at radius 3 is 2.38 bits per heavy atom.